The van der Waals surface area contributed by atoms with Crippen molar-refractivity contribution in [3.05, 3.63) is 28.2 Å². The van der Waals surface area contributed by atoms with Crippen LogP contribution in [0.1, 0.15) is 32.1 Å². The lowest BCUT2D eigenvalue weighted by atomic mass is 9.95. The average molecular weight is 243 g/mol. The van der Waals surface area contributed by atoms with Crippen molar-refractivity contribution in [2.75, 3.05) is 0 Å². The highest BCUT2D eigenvalue weighted by atomic mass is 35.5. The van der Waals surface area contributed by atoms with Gasteiger partial charge in [-0.05, 0) is 31.0 Å². The van der Waals surface area contributed by atoms with E-state index in [2.05, 4.69) is 5.32 Å². The van der Waals surface area contributed by atoms with E-state index in [0.29, 0.717) is 16.1 Å². The summed E-state index contributed by atoms with van der Waals surface area (Å²) in [6, 6.07) is 5.96. The third-order valence-corrected chi connectivity index (χ3v) is 3.19. The minimum Gasteiger partial charge on any atom is -0.282 e. The van der Waals surface area contributed by atoms with Crippen LogP contribution in [-0.4, -0.2) is 6.04 Å². The number of hydrogen-bond donors (Lipinski definition) is 0. The van der Waals surface area contributed by atoms with Crippen LogP contribution in [0.25, 0.3) is 0 Å². The molecule has 0 aromatic heterocycles. The molecule has 0 spiro atoms. The van der Waals surface area contributed by atoms with Gasteiger partial charge in [-0.3, -0.25) is 5.32 Å². The van der Waals surface area contributed by atoms with Crippen LogP contribution in [0.4, 0.5) is 5.69 Å². The van der Waals surface area contributed by atoms with E-state index in [1.165, 1.54) is 32.1 Å². The van der Waals surface area contributed by atoms with E-state index in [1.54, 1.807) is 6.07 Å². The number of benzene rings is 1. The normalized spacial score (nSPS) is 17.7. The van der Waals surface area contributed by atoms with Crippen molar-refractivity contribution in [1.29, 1.82) is 0 Å². The van der Waals surface area contributed by atoms with Gasteiger partial charge >= 0.3 is 0 Å². The van der Waals surface area contributed by atoms with Crippen molar-refractivity contribution in [2.45, 2.75) is 38.1 Å². The molecule has 15 heavy (non-hydrogen) atoms. The highest BCUT2D eigenvalue weighted by molar-refractivity contribution is 6.35. The van der Waals surface area contributed by atoms with Gasteiger partial charge in [0, 0.05) is 10.0 Å². The van der Waals surface area contributed by atoms with Crippen LogP contribution in [0.2, 0.25) is 10.0 Å². The largest absolute Gasteiger partial charge is 0.282 e. The molecule has 0 bridgehead atoms. The summed E-state index contributed by atoms with van der Waals surface area (Å²) in [5.74, 6) is 0. The highest BCUT2D eigenvalue weighted by Crippen LogP contribution is 2.26. The zero-order valence-electron chi connectivity index (χ0n) is 8.55. The molecule has 0 atom stereocenters. The molecule has 1 saturated carbocycles. The van der Waals surface area contributed by atoms with Gasteiger partial charge in [0.1, 0.15) is 0 Å². The number of halogens is 2. The first-order valence-corrected chi connectivity index (χ1v) is 6.16. The van der Waals surface area contributed by atoms with E-state index in [0.717, 1.165) is 5.69 Å². The Morgan fingerprint density at radius 1 is 0.933 bits per heavy atom. The van der Waals surface area contributed by atoms with Crippen molar-refractivity contribution in [1.82, 2.24) is 5.32 Å². The smallest absolute Gasteiger partial charge is 0.0607 e. The summed E-state index contributed by atoms with van der Waals surface area (Å²) in [6.45, 7) is 0. The molecule has 1 aliphatic rings. The fraction of sp³-hybridized carbons (Fsp3) is 0.500. The Labute approximate surface area is 101 Å². The van der Waals surface area contributed by atoms with Crippen LogP contribution in [-0.2, 0) is 0 Å². The van der Waals surface area contributed by atoms with Crippen molar-refractivity contribution < 1.29 is 0 Å². The predicted molar refractivity (Wildman–Crippen MR) is 65.1 cm³/mol. The lowest BCUT2D eigenvalue weighted by molar-refractivity contribution is 0.403. The Kier molecular flexibility index (Phi) is 3.76. The SMILES string of the molecule is Clc1cc(Cl)cc([N]C2CCCCC2)c1. The summed E-state index contributed by atoms with van der Waals surface area (Å²) in [5, 5.41) is 6.00. The molecule has 0 saturated heterocycles. The molecule has 1 aromatic rings. The van der Waals surface area contributed by atoms with Crippen LogP contribution in [0, 0.1) is 0 Å². The van der Waals surface area contributed by atoms with Crippen molar-refractivity contribution in [3.8, 4) is 0 Å². The van der Waals surface area contributed by atoms with E-state index in [4.69, 9.17) is 23.2 Å². The predicted octanol–water partition coefficient (Wildman–Crippen LogP) is 4.56. The van der Waals surface area contributed by atoms with Gasteiger partial charge in [0.2, 0.25) is 0 Å². The Hall–Kier alpha value is -0.400. The van der Waals surface area contributed by atoms with Gasteiger partial charge < -0.3 is 0 Å². The molecule has 0 unspecified atom stereocenters. The van der Waals surface area contributed by atoms with E-state index in [-0.39, 0.29) is 0 Å². The number of nitrogens with zero attached hydrogens (tertiary/aromatic N) is 1. The molecule has 1 aliphatic carbocycles. The molecule has 1 aromatic carbocycles. The quantitative estimate of drug-likeness (QED) is 0.722. The second-order valence-corrected chi connectivity index (χ2v) is 4.92. The van der Waals surface area contributed by atoms with Gasteiger partial charge in [0.05, 0.1) is 11.7 Å². The molecule has 2 rings (SSSR count). The van der Waals surface area contributed by atoms with Crippen LogP contribution in [0.3, 0.4) is 0 Å². The van der Waals surface area contributed by atoms with Gasteiger partial charge in [0.25, 0.3) is 0 Å². The Balaban J connectivity index is 2.02. The molecule has 0 N–H and O–H groups in total. The van der Waals surface area contributed by atoms with E-state index < -0.39 is 0 Å². The Morgan fingerprint density at radius 3 is 2.13 bits per heavy atom. The average Bonchev–Trinajstić information content (AvgIpc) is 2.17. The van der Waals surface area contributed by atoms with Gasteiger partial charge in [0.15, 0.2) is 0 Å². The molecule has 81 valence electrons. The minimum atomic E-state index is 0.466. The molecule has 0 aliphatic heterocycles. The Bertz CT molecular complexity index is 312. The first kappa shape index (κ1) is 11.1. The molecular formula is C12H14Cl2N. The molecule has 0 amide bonds. The van der Waals surface area contributed by atoms with Gasteiger partial charge in [-0.1, -0.05) is 42.5 Å². The summed E-state index contributed by atoms with van der Waals surface area (Å²) in [6.07, 6.45) is 6.33. The van der Waals surface area contributed by atoms with E-state index >= 15 is 0 Å². The Morgan fingerprint density at radius 2 is 1.53 bits per heavy atom. The van der Waals surface area contributed by atoms with E-state index in [1.807, 2.05) is 12.1 Å². The summed E-state index contributed by atoms with van der Waals surface area (Å²) in [5.41, 5.74) is 0.916. The van der Waals surface area contributed by atoms with Crippen molar-refractivity contribution in [3.63, 3.8) is 0 Å². The topological polar surface area (TPSA) is 14.1 Å². The van der Waals surface area contributed by atoms with Gasteiger partial charge in [-0.15, -0.1) is 0 Å². The fourth-order valence-electron chi connectivity index (χ4n) is 2.03. The standard InChI is InChI=1S/C12H14Cl2N/c13-9-6-10(14)8-12(7-9)15-11-4-2-1-3-5-11/h6-8,11H,1-5H2. The van der Waals surface area contributed by atoms with E-state index in [9.17, 15) is 0 Å². The molecule has 1 nitrogen and oxygen atoms in total. The number of rotatable bonds is 2. The molecule has 0 heterocycles. The summed E-state index contributed by atoms with van der Waals surface area (Å²) in [7, 11) is 0. The monoisotopic (exact) mass is 242 g/mol. The first-order chi connectivity index (χ1) is 7.24. The highest BCUT2D eigenvalue weighted by Gasteiger charge is 2.14. The maximum absolute atomic E-state index is 5.92. The van der Waals surface area contributed by atoms with Crippen molar-refractivity contribution >= 4 is 28.9 Å². The maximum atomic E-state index is 5.92. The third-order valence-electron chi connectivity index (χ3n) is 2.75. The molecule has 1 radical (unpaired) electrons. The molecular weight excluding hydrogens is 229 g/mol. The summed E-state index contributed by atoms with van der Waals surface area (Å²) in [4.78, 5) is 0. The van der Waals surface area contributed by atoms with Gasteiger partial charge in [-0.2, -0.15) is 0 Å². The molecule has 1 fully saturated rings. The maximum Gasteiger partial charge on any atom is 0.0607 e. The first-order valence-electron chi connectivity index (χ1n) is 5.41. The summed E-state index contributed by atoms with van der Waals surface area (Å²) < 4.78 is 0. The van der Waals surface area contributed by atoms with Crippen LogP contribution >= 0.6 is 23.2 Å². The zero-order valence-corrected chi connectivity index (χ0v) is 10.1. The second-order valence-electron chi connectivity index (χ2n) is 4.05. The van der Waals surface area contributed by atoms with Crippen LogP contribution in [0.15, 0.2) is 18.2 Å². The van der Waals surface area contributed by atoms with Crippen molar-refractivity contribution in [2.24, 2.45) is 0 Å². The lowest BCUT2D eigenvalue weighted by Gasteiger charge is -2.21. The molecule has 3 heteroatoms. The van der Waals surface area contributed by atoms with Crippen LogP contribution in [0.5, 0.6) is 0 Å². The van der Waals surface area contributed by atoms with Crippen LogP contribution < -0.4 is 5.32 Å². The fourth-order valence-corrected chi connectivity index (χ4v) is 2.55. The third kappa shape index (κ3) is 3.29. The minimum absolute atomic E-state index is 0.466. The zero-order chi connectivity index (χ0) is 10.7. The second kappa shape index (κ2) is 5.09. The lowest BCUT2D eigenvalue weighted by Crippen LogP contribution is -2.21. The van der Waals surface area contributed by atoms with Gasteiger partial charge in [-0.25, -0.2) is 0 Å². The number of hydrogen-bond acceptors (Lipinski definition) is 0. The summed E-state index contributed by atoms with van der Waals surface area (Å²) >= 11 is 11.8.